The average Bonchev–Trinajstić information content (AvgIpc) is 2.83. The van der Waals surface area contributed by atoms with Crippen LogP contribution in [0.5, 0.6) is 0 Å². The van der Waals surface area contributed by atoms with Crippen LogP contribution in [0.3, 0.4) is 0 Å². The first-order valence-corrected chi connectivity index (χ1v) is 6.79. The monoisotopic (exact) mass is 323 g/mol. The van der Waals surface area contributed by atoms with Gasteiger partial charge in [-0.3, -0.25) is 9.78 Å². The van der Waals surface area contributed by atoms with Gasteiger partial charge in [-0.15, -0.1) is 11.3 Å². The molecule has 0 spiro atoms. The van der Waals surface area contributed by atoms with E-state index in [-0.39, 0.29) is 5.91 Å². The molecule has 6 heteroatoms. The Hall–Kier alpha value is -1.53. The lowest BCUT2D eigenvalue weighted by Gasteiger charge is -2.00. The summed E-state index contributed by atoms with van der Waals surface area (Å²) in [6.07, 6.45) is 1.57. The summed E-state index contributed by atoms with van der Waals surface area (Å²) in [5.41, 5.74) is 3.59. The van der Waals surface area contributed by atoms with E-state index in [4.69, 9.17) is 0 Å². The lowest BCUT2D eigenvalue weighted by molar-refractivity contribution is 0.0950. The maximum atomic E-state index is 11.7. The van der Waals surface area contributed by atoms with E-state index in [1.165, 1.54) is 0 Å². The molecule has 0 radical (unpaired) electrons. The number of nitrogens with one attached hydrogen (secondary N) is 1. The van der Waals surface area contributed by atoms with Gasteiger partial charge in [0.1, 0.15) is 5.69 Å². The van der Waals surface area contributed by atoms with Gasteiger partial charge in [0.2, 0.25) is 0 Å². The Labute approximate surface area is 117 Å². The van der Waals surface area contributed by atoms with Gasteiger partial charge in [0.15, 0.2) is 0 Å². The van der Waals surface area contributed by atoms with Crippen LogP contribution in [0, 0.1) is 0 Å². The van der Waals surface area contributed by atoms with Crippen molar-refractivity contribution in [3.8, 4) is 0 Å². The molecule has 2 heterocycles. The second kappa shape index (κ2) is 5.88. The lowest BCUT2D eigenvalue weighted by Crippen LogP contribution is -2.20. The molecule has 2 aromatic rings. The number of pyridine rings is 1. The van der Waals surface area contributed by atoms with E-state index in [0.29, 0.717) is 5.69 Å². The van der Waals surface area contributed by atoms with Gasteiger partial charge in [-0.1, -0.05) is 6.07 Å². The summed E-state index contributed by atoms with van der Waals surface area (Å²) in [6.45, 7) is 1.84. The SMILES string of the molecule is C/C(=N/NC(=O)c1ccccn1)c1ccc(Br)s1. The number of hydrazone groups is 1. The van der Waals surface area contributed by atoms with Crippen LogP contribution in [-0.4, -0.2) is 16.6 Å². The fraction of sp³-hybridized carbons (Fsp3) is 0.0833. The molecule has 0 fully saturated rings. The number of hydrogen-bond acceptors (Lipinski definition) is 4. The molecular weight excluding hydrogens is 314 g/mol. The maximum absolute atomic E-state index is 11.7. The quantitative estimate of drug-likeness (QED) is 0.697. The van der Waals surface area contributed by atoms with E-state index in [1.807, 2.05) is 19.1 Å². The van der Waals surface area contributed by atoms with E-state index in [0.717, 1.165) is 14.4 Å². The zero-order chi connectivity index (χ0) is 13.0. The Morgan fingerprint density at radius 1 is 1.39 bits per heavy atom. The average molecular weight is 324 g/mol. The first-order valence-electron chi connectivity index (χ1n) is 5.18. The number of amides is 1. The third-order valence-corrected chi connectivity index (χ3v) is 3.88. The van der Waals surface area contributed by atoms with Crippen molar-refractivity contribution in [1.82, 2.24) is 10.4 Å². The van der Waals surface area contributed by atoms with Crippen molar-refractivity contribution in [3.05, 3.63) is 50.9 Å². The van der Waals surface area contributed by atoms with Crippen LogP contribution < -0.4 is 5.43 Å². The molecule has 0 aliphatic heterocycles. The molecule has 2 rings (SSSR count). The third kappa shape index (κ3) is 3.24. The number of thiophene rings is 1. The van der Waals surface area contributed by atoms with Crippen LogP contribution in [0.4, 0.5) is 0 Å². The van der Waals surface area contributed by atoms with E-state index in [2.05, 4.69) is 31.4 Å². The van der Waals surface area contributed by atoms with Gasteiger partial charge in [0.25, 0.3) is 5.91 Å². The topological polar surface area (TPSA) is 54.4 Å². The van der Waals surface area contributed by atoms with Crippen molar-refractivity contribution < 1.29 is 4.79 Å². The van der Waals surface area contributed by atoms with Gasteiger partial charge in [-0.25, -0.2) is 5.43 Å². The van der Waals surface area contributed by atoms with Gasteiger partial charge < -0.3 is 0 Å². The lowest BCUT2D eigenvalue weighted by atomic mass is 10.3. The minimum Gasteiger partial charge on any atom is -0.266 e. The molecule has 0 unspecified atom stereocenters. The first-order chi connectivity index (χ1) is 8.66. The van der Waals surface area contributed by atoms with Crippen LogP contribution in [0.1, 0.15) is 22.3 Å². The molecule has 18 heavy (non-hydrogen) atoms. The first kappa shape index (κ1) is 12.9. The number of aromatic nitrogens is 1. The number of carbonyl (C=O) groups is 1. The third-order valence-electron chi connectivity index (χ3n) is 2.15. The van der Waals surface area contributed by atoms with Crippen LogP contribution >= 0.6 is 27.3 Å². The minimum atomic E-state index is -0.314. The number of carbonyl (C=O) groups excluding carboxylic acids is 1. The normalized spacial score (nSPS) is 11.3. The van der Waals surface area contributed by atoms with Crippen LogP contribution in [0.2, 0.25) is 0 Å². The van der Waals surface area contributed by atoms with Gasteiger partial charge in [0.05, 0.1) is 14.4 Å². The van der Waals surface area contributed by atoms with Crippen molar-refractivity contribution in [3.63, 3.8) is 0 Å². The standard InChI is InChI=1S/C12H10BrN3OS/c1-8(10-5-6-11(13)18-10)15-16-12(17)9-4-2-3-7-14-9/h2-7H,1H3,(H,16,17)/b15-8-. The zero-order valence-electron chi connectivity index (χ0n) is 9.55. The summed E-state index contributed by atoms with van der Waals surface area (Å²) in [4.78, 5) is 16.6. The summed E-state index contributed by atoms with van der Waals surface area (Å²) in [6, 6.07) is 9.05. The summed E-state index contributed by atoms with van der Waals surface area (Å²) < 4.78 is 1.03. The smallest absolute Gasteiger partial charge is 0.266 e. The second-order valence-corrected chi connectivity index (χ2v) is 5.92. The number of halogens is 1. The molecular formula is C12H10BrN3OS. The van der Waals surface area contributed by atoms with E-state index >= 15 is 0 Å². The van der Waals surface area contributed by atoms with Crippen molar-refractivity contribution in [2.45, 2.75) is 6.92 Å². The highest BCUT2D eigenvalue weighted by molar-refractivity contribution is 9.11. The number of rotatable bonds is 3. The largest absolute Gasteiger partial charge is 0.289 e. The highest BCUT2D eigenvalue weighted by atomic mass is 79.9. The molecule has 4 nitrogen and oxygen atoms in total. The number of nitrogens with zero attached hydrogens (tertiary/aromatic N) is 2. The molecule has 0 aliphatic rings. The highest BCUT2D eigenvalue weighted by Gasteiger charge is 2.06. The van der Waals surface area contributed by atoms with Crippen molar-refractivity contribution in [2.75, 3.05) is 0 Å². The summed E-state index contributed by atoms with van der Waals surface area (Å²) in [5.74, 6) is -0.314. The van der Waals surface area contributed by atoms with Gasteiger partial charge in [-0.05, 0) is 47.1 Å². The summed E-state index contributed by atoms with van der Waals surface area (Å²) in [5, 5.41) is 4.05. The molecule has 92 valence electrons. The van der Waals surface area contributed by atoms with E-state index < -0.39 is 0 Å². The summed E-state index contributed by atoms with van der Waals surface area (Å²) in [7, 11) is 0. The predicted octanol–water partition coefficient (Wildman–Crippen LogP) is 3.06. The molecule has 0 bridgehead atoms. The minimum absolute atomic E-state index is 0.314. The van der Waals surface area contributed by atoms with Crippen molar-refractivity contribution >= 4 is 38.9 Å². The molecule has 0 atom stereocenters. The fourth-order valence-corrected chi connectivity index (χ4v) is 2.58. The Bertz CT molecular complexity index is 580. The Morgan fingerprint density at radius 2 is 2.22 bits per heavy atom. The molecule has 0 saturated heterocycles. The highest BCUT2D eigenvalue weighted by Crippen LogP contribution is 2.22. The van der Waals surface area contributed by atoms with Crippen LogP contribution in [-0.2, 0) is 0 Å². The Morgan fingerprint density at radius 3 is 2.83 bits per heavy atom. The maximum Gasteiger partial charge on any atom is 0.289 e. The van der Waals surface area contributed by atoms with Crippen molar-refractivity contribution in [1.29, 1.82) is 0 Å². The predicted molar refractivity (Wildman–Crippen MR) is 75.9 cm³/mol. The summed E-state index contributed by atoms with van der Waals surface area (Å²) >= 11 is 4.95. The molecule has 0 aliphatic carbocycles. The Kier molecular flexibility index (Phi) is 4.22. The van der Waals surface area contributed by atoms with Crippen LogP contribution in [0.25, 0.3) is 0 Å². The molecule has 1 N–H and O–H groups in total. The molecule has 1 amide bonds. The molecule has 0 aromatic carbocycles. The second-order valence-electron chi connectivity index (χ2n) is 3.46. The van der Waals surface area contributed by atoms with Crippen LogP contribution in [0.15, 0.2) is 45.4 Å². The number of hydrogen-bond donors (Lipinski definition) is 1. The van der Waals surface area contributed by atoms with Gasteiger partial charge in [-0.2, -0.15) is 5.10 Å². The van der Waals surface area contributed by atoms with E-state index in [1.54, 1.807) is 35.7 Å². The fourth-order valence-electron chi connectivity index (χ4n) is 1.25. The van der Waals surface area contributed by atoms with Crippen molar-refractivity contribution in [2.24, 2.45) is 5.10 Å². The van der Waals surface area contributed by atoms with Gasteiger partial charge in [0, 0.05) is 6.20 Å². The zero-order valence-corrected chi connectivity index (χ0v) is 12.0. The van der Waals surface area contributed by atoms with Gasteiger partial charge >= 0.3 is 0 Å². The molecule has 0 saturated carbocycles. The molecule has 2 aromatic heterocycles. The Balaban J connectivity index is 2.05. The van der Waals surface area contributed by atoms with E-state index in [9.17, 15) is 4.79 Å².